The van der Waals surface area contributed by atoms with Crippen LogP contribution in [0.25, 0.3) is 0 Å². The first-order valence-corrected chi connectivity index (χ1v) is 8.40. The fourth-order valence-electron chi connectivity index (χ4n) is 2.23. The van der Waals surface area contributed by atoms with Crippen molar-refractivity contribution in [1.29, 1.82) is 0 Å². The molecule has 0 heterocycles. The predicted molar refractivity (Wildman–Crippen MR) is 97.3 cm³/mol. The number of halogens is 1. The normalized spacial score (nSPS) is 10.3. The van der Waals surface area contributed by atoms with E-state index in [1.165, 1.54) is 17.0 Å². The third-order valence-electron chi connectivity index (χ3n) is 3.78. The second kappa shape index (κ2) is 9.56. The fraction of sp³-hybridized carbons (Fsp3) is 0.300. The Hall–Kier alpha value is -3.09. The van der Waals surface area contributed by atoms with Crippen molar-refractivity contribution in [2.45, 2.75) is 19.4 Å². The van der Waals surface area contributed by atoms with Crippen molar-refractivity contribution in [3.05, 3.63) is 59.4 Å². The van der Waals surface area contributed by atoms with E-state index in [-0.39, 0.29) is 37.7 Å². The van der Waals surface area contributed by atoms with Gasteiger partial charge in [-0.05, 0) is 41.8 Å². The lowest BCUT2D eigenvalue weighted by molar-refractivity contribution is -0.137. The maximum atomic E-state index is 14.1. The number of aryl methyl sites for hydroxylation is 1. The number of likely N-dealkylation sites (N-methyl/N-ethyl adjacent to an activating group) is 1. The summed E-state index contributed by atoms with van der Waals surface area (Å²) in [5.74, 6) is -1.01. The molecule has 0 radical (unpaired) electrons. The number of hydrogen-bond donors (Lipinski definition) is 1. The lowest BCUT2D eigenvalue weighted by atomic mass is 10.1. The second-order valence-electron chi connectivity index (χ2n) is 6.17. The van der Waals surface area contributed by atoms with E-state index < -0.39 is 11.8 Å². The van der Waals surface area contributed by atoms with E-state index >= 15 is 0 Å². The molecule has 0 aliphatic rings. The van der Waals surface area contributed by atoms with Gasteiger partial charge in [0.1, 0.15) is 12.4 Å². The summed E-state index contributed by atoms with van der Waals surface area (Å²) in [5.41, 5.74) is 1.36. The molecule has 0 aliphatic carbocycles. The second-order valence-corrected chi connectivity index (χ2v) is 6.17. The Balaban J connectivity index is 1.93. The van der Waals surface area contributed by atoms with Crippen LogP contribution in [0.15, 0.2) is 42.5 Å². The summed E-state index contributed by atoms with van der Waals surface area (Å²) in [4.78, 5) is 23.6. The maximum Gasteiger partial charge on any atom is 0.303 e. The number of benzene rings is 2. The minimum absolute atomic E-state index is 0.0528. The fourth-order valence-corrected chi connectivity index (χ4v) is 2.23. The van der Waals surface area contributed by atoms with Gasteiger partial charge < -0.3 is 19.5 Å². The minimum atomic E-state index is -0.926. The molecule has 144 valence electrons. The van der Waals surface area contributed by atoms with Crippen LogP contribution < -0.4 is 9.47 Å². The molecular weight excluding hydrogens is 353 g/mol. The van der Waals surface area contributed by atoms with Gasteiger partial charge >= 0.3 is 5.97 Å². The molecule has 0 unspecified atom stereocenters. The van der Waals surface area contributed by atoms with Gasteiger partial charge in [0.15, 0.2) is 18.2 Å². The van der Waals surface area contributed by atoms with Crippen LogP contribution in [-0.2, 0) is 22.6 Å². The third kappa shape index (κ3) is 6.62. The van der Waals surface area contributed by atoms with E-state index in [1.54, 1.807) is 44.4 Å². The topological polar surface area (TPSA) is 76.1 Å². The van der Waals surface area contributed by atoms with Crippen molar-refractivity contribution in [2.24, 2.45) is 0 Å². The highest BCUT2D eigenvalue weighted by molar-refractivity contribution is 5.77. The molecule has 2 aromatic rings. The van der Waals surface area contributed by atoms with Crippen LogP contribution in [0.3, 0.4) is 0 Å². The Morgan fingerprint density at radius 2 is 1.85 bits per heavy atom. The number of ether oxygens (including phenoxy) is 2. The molecule has 0 saturated heterocycles. The van der Waals surface area contributed by atoms with Crippen LogP contribution in [0, 0.1) is 5.82 Å². The Morgan fingerprint density at radius 3 is 2.52 bits per heavy atom. The van der Waals surface area contributed by atoms with Crippen LogP contribution in [0.4, 0.5) is 4.39 Å². The smallest absolute Gasteiger partial charge is 0.303 e. The molecule has 1 amide bonds. The number of carboxylic acids is 1. The molecule has 0 spiro atoms. The summed E-state index contributed by atoms with van der Waals surface area (Å²) >= 11 is 0. The van der Waals surface area contributed by atoms with Crippen molar-refractivity contribution < 1.29 is 28.6 Å². The molecule has 2 rings (SSSR count). The molecule has 0 atom stereocenters. The molecular formula is C20H22FNO5. The number of carbonyl (C=O) groups excluding carboxylic acids is 1. The van der Waals surface area contributed by atoms with E-state index in [0.717, 1.165) is 5.56 Å². The average molecular weight is 375 g/mol. The van der Waals surface area contributed by atoms with Gasteiger partial charge in [0.25, 0.3) is 5.91 Å². The van der Waals surface area contributed by atoms with E-state index in [2.05, 4.69) is 0 Å². The average Bonchev–Trinajstić information content (AvgIpc) is 2.63. The van der Waals surface area contributed by atoms with Crippen LogP contribution in [0.1, 0.15) is 17.5 Å². The van der Waals surface area contributed by atoms with Crippen molar-refractivity contribution in [3.8, 4) is 11.5 Å². The van der Waals surface area contributed by atoms with Gasteiger partial charge in [-0.25, -0.2) is 4.39 Å². The standard InChI is InChI=1S/C20H22FNO5/c1-22(2)19(23)13-26-16-5-3-4-15(10-16)12-27-18-8-6-14(11-17(18)21)7-9-20(24)25/h3-6,8,10-11H,7,9,12-13H2,1-2H3,(H,24,25). The molecule has 6 nitrogen and oxygen atoms in total. The molecule has 0 saturated carbocycles. The van der Waals surface area contributed by atoms with Gasteiger partial charge in [0.2, 0.25) is 0 Å². The Bertz CT molecular complexity index is 807. The van der Waals surface area contributed by atoms with E-state index in [4.69, 9.17) is 14.6 Å². The number of amides is 1. The van der Waals surface area contributed by atoms with Crippen molar-refractivity contribution in [1.82, 2.24) is 4.90 Å². The van der Waals surface area contributed by atoms with Crippen LogP contribution in [-0.4, -0.2) is 42.6 Å². The summed E-state index contributed by atoms with van der Waals surface area (Å²) in [6.45, 7) is 0.0635. The monoisotopic (exact) mass is 375 g/mol. The van der Waals surface area contributed by atoms with Gasteiger partial charge in [0.05, 0.1) is 0 Å². The number of aliphatic carboxylic acids is 1. The zero-order valence-electron chi connectivity index (χ0n) is 15.3. The quantitative estimate of drug-likeness (QED) is 0.729. The molecule has 1 N–H and O–H groups in total. The largest absolute Gasteiger partial charge is 0.486 e. The van der Waals surface area contributed by atoms with Crippen molar-refractivity contribution in [3.63, 3.8) is 0 Å². The van der Waals surface area contributed by atoms with E-state index in [0.29, 0.717) is 11.3 Å². The Labute approximate surface area is 157 Å². The maximum absolute atomic E-state index is 14.1. The number of rotatable bonds is 9. The summed E-state index contributed by atoms with van der Waals surface area (Å²) in [6, 6.07) is 11.4. The molecule has 2 aromatic carbocycles. The highest BCUT2D eigenvalue weighted by Crippen LogP contribution is 2.21. The van der Waals surface area contributed by atoms with Crippen LogP contribution in [0.2, 0.25) is 0 Å². The molecule has 7 heteroatoms. The lowest BCUT2D eigenvalue weighted by Gasteiger charge is -2.12. The van der Waals surface area contributed by atoms with Gasteiger partial charge in [-0.2, -0.15) is 0 Å². The summed E-state index contributed by atoms with van der Waals surface area (Å²) in [6.07, 6.45) is 0.209. The van der Waals surface area contributed by atoms with Crippen molar-refractivity contribution >= 4 is 11.9 Å². The minimum Gasteiger partial charge on any atom is -0.486 e. The molecule has 0 aromatic heterocycles. The molecule has 27 heavy (non-hydrogen) atoms. The molecule has 0 bridgehead atoms. The van der Waals surface area contributed by atoms with Crippen molar-refractivity contribution in [2.75, 3.05) is 20.7 Å². The number of nitrogens with zero attached hydrogens (tertiary/aromatic N) is 1. The SMILES string of the molecule is CN(C)C(=O)COc1cccc(COc2ccc(CCC(=O)O)cc2F)c1. The zero-order chi connectivity index (χ0) is 19.8. The number of carboxylic acid groups (broad SMARTS) is 1. The van der Waals surface area contributed by atoms with Gasteiger partial charge in [-0.3, -0.25) is 9.59 Å². The number of carbonyl (C=O) groups is 2. The third-order valence-corrected chi connectivity index (χ3v) is 3.78. The van der Waals surface area contributed by atoms with E-state index in [9.17, 15) is 14.0 Å². The molecule has 0 fully saturated rings. The first-order valence-electron chi connectivity index (χ1n) is 8.40. The Kier molecular flexibility index (Phi) is 7.16. The first kappa shape index (κ1) is 20.2. The van der Waals surface area contributed by atoms with Gasteiger partial charge in [-0.15, -0.1) is 0 Å². The van der Waals surface area contributed by atoms with Crippen LogP contribution in [0.5, 0.6) is 11.5 Å². The van der Waals surface area contributed by atoms with Gasteiger partial charge in [-0.1, -0.05) is 18.2 Å². The first-order chi connectivity index (χ1) is 12.8. The summed E-state index contributed by atoms with van der Waals surface area (Å²) < 4.78 is 25.0. The highest BCUT2D eigenvalue weighted by atomic mass is 19.1. The zero-order valence-corrected chi connectivity index (χ0v) is 15.3. The van der Waals surface area contributed by atoms with Gasteiger partial charge in [0, 0.05) is 20.5 Å². The number of hydrogen-bond acceptors (Lipinski definition) is 4. The summed E-state index contributed by atoms with van der Waals surface area (Å²) in [5, 5.41) is 8.68. The highest BCUT2D eigenvalue weighted by Gasteiger charge is 2.08. The molecule has 0 aliphatic heterocycles. The van der Waals surface area contributed by atoms with Crippen LogP contribution >= 0.6 is 0 Å². The van der Waals surface area contributed by atoms with E-state index in [1.807, 2.05) is 0 Å². The lowest BCUT2D eigenvalue weighted by Crippen LogP contribution is -2.27. The predicted octanol–water partition coefficient (Wildman–Crippen LogP) is 2.89. The summed E-state index contributed by atoms with van der Waals surface area (Å²) in [7, 11) is 3.30. The Morgan fingerprint density at radius 1 is 1.07 bits per heavy atom.